The van der Waals surface area contributed by atoms with Gasteiger partial charge < -0.3 is 10.2 Å². The molecule has 2 aliphatic carbocycles. The Morgan fingerprint density at radius 3 is 2.12 bits per heavy atom. The second-order valence-electron chi connectivity index (χ2n) is 6.80. The van der Waals surface area contributed by atoms with Crippen molar-refractivity contribution < 1.29 is 15.0 Å². The first-order valence-corrected chi connectivity index (χ1v) is 6.77. The highest BCUT2D eigenvalue weighted by atomic mass is 16.4. The summed E-state index contributed by atoms with van der Waals surface area (Å²) >= 11 is 0. The summed E-state index contributed by atoms with van der Waals surface area (Å²) in [5.41, 5.74) is -0.254. The largest absolute Gasteiger partial charge is 0.481 e. The van der Waals surface area contributed by atoms with Crippen LogP contribution in [0.25, 0.3) is 0 Å². The molecule has 3 nitrogen and oxygen atoms in total. The highest BCUT2D eigenvalue weighted by Gasteiger charge is 2.51. The molecule has 1 unspecified atom stereocenters. The predicted octanol–water partition coefficient (Wildman–Crippen LogP) is 2.82. The van der Waals surface area contributed by atoms with E-state index in [4.69, 9.17) is 0 Å². The van der Waals surface area contributed by atoms with Gasteiger partial charge in [0.2, 0.25) is 0 Å². The van der Waals surface area contributed by atoms with Crippen LogP contribution >= 0.6 is 0 Å². The summed E-state index contributed by atoms with van der Waals surface area (Å²) in [5.74, 6) is -0.324. The number of carboxylic acids is 1. The normalized spacial score (nSPS) is 41.4. The Kier molecular flexibility index (Phi) is 3.23. The first-order chi connectivity index (χ1) is 7.86. The van der Waals surface area contributed by atoms with Gasteiger partial charge in [0.05, 0.1) is 11.5 Å². The van der Waals surface area contributed by atoms with Gasteiger partial charge in [-0.05, 0) is 56.3 Å². The van der Waals surface area contributed by atoms with Crippen molar-refractivity contribution >= 4 is 5.97 Å². The van der Waals surface area contributed by atoms with Gasteiger partial charge in [0, 0.05) is 0 Å². The van der Waals surface area contributed by atoms with E-state index in [-0.39, 0.29) is 6.10 Å². The predicted molar refractivity (Wildman–Crippen MR) is 65.7 cm³/mol. The van der Waals surface area contributed by atoms with Gasteiger partial charge in [0.15, 0.2) is 0 Å². The van der Waals surface area contributed by atoms with Gasteiger partial charge in [0.25, 0.3) is 0 Å². The SMILES string of the molecule is CC1(C)CCC(C2(C(=O)O)CCC(O)CC2)C1. The Hall–Kier alpha value is -0.570. The van der Waals surface area contributed by atoms with Gasteiger partial charge in [-0.1, -0.05) is 13.8 Å². The van der Waals surface area contributed by atoms with Crippen LogP contribution in [-0.2, 0) is 4.79 Å². The van der Waals surface area contributed by atoms with Crippen molar-refractivity contribution in [3.05, 3.63) is 0 Å². The molecule has 0 spiro atoms. The lowest BCUT2D eigenvalue weighted by Gasteiger charge is -2.40. The minimum absolute atomic E-state index is 0.281. The quantitative estimate of drug-likeness (QED) is 0.780. The molecule has 0 aromatic rings. The summed E-state index contributed by atoms with van der Waals surface area (Å²) < 4.78 is 0. The monoisotopic (exact) mass is 240 g/mol. The van der Waals surface area contributed by atoms with Crippen LogP contribution in [0.4, 0.5) is 0 Å². The third-order valence-corrected chi connectivity index (χ3v) is 5.02. The molecule has 1 atom stereocenters. The van der Waals surface area contributed by atoms with Crippen LogP contribution in [0.5, 0.6) is 0 Å². The number of aliphatic hydroxyl groups excluding tert-OH is 1. The molecule has 0 amide bonds. The molecule has 0 bridgehead atoms. The van der Waals surface area contributed by atoms with Gasteiger partial charge in [-0.2, -0.15) is 0 Å². The van der Waals surface area contributed by atoms with E-state index in [9.17, 15) is 15.0 Å². The van der Waals surface area contributed by atoms with E-state index in [0.717, 1.165) is 19.3 Å². The molecule has 2 aliphatic rings. The van der Waals surface area contributed by atoms with Crippen molar-refractivity contribution in [2.75, 3.05) is 0 Å². The maximum absolute atomic E-state index is 11.7. The average Bonchev–Trinajstić information content (AvgIpc) is 2.60. The van der Waals surface area contributed by atoms with Crippen molar-refractivity contribution in [3.63, 3.8) is 0 Å². The van der Waals surface area contributed by atoms with Crippen LogP contribution in [-0.4, -0.2) is 22.3 Å². The maximum Gasteiger partial charge on any atom is 0.309 e. The number of hydrogen-bond acceptors (Lipinski definition) is 2. The van der Waals surface area contributed by atoms with E-state index < -0.39 is 11.4 Å². The lowest BCUT2D eigenvalue weighted by atomic mass is 9.64. The standard InChI is InChI=1S/C14H24O3/c1-13(2)6-3-10(9-13)14(12(16)17)7-4-11(15)5-8-14/h10-11,15H,3-9H2,1-2H3,(H,16,17). The Morgan fingerprint density at radius 2 is 1.71 bits per heavy atom. The number of rotatable bonds is 2. The van der Waals surface area contributed by atoms with Crippen molar-refractivity contribution in [2.24, 2.45) is 16.7 Å². The molecule has 0 aliphatic heterocycles. The van der Waals surface area contributed by atoms with Gasteiger partial charge in [-0.25, -0.2) is 0 Å². The number of aliphatic hydroxyl groups is 1. The summed E-state index contributed by atoms with van der Waals surface area (Å²) in [6, 6.07) is 0. The fourth-order valence-electron chi connectivity index (χ4n) is 3.82. The third kappa shape index (κ3) is 2.35. The average molecular weight is 240 g/mol. The first kappa shape index (κ1) is 12.9. The van der Waals surface area contributed by atoms with Crippen LogP contribution < -0.4 is 0 Å². The van der Waals surface area contributed by atoms with Crippen LogP contribution in [0.15, 0.2) is 0 Å². The summed E-state index contributed by atoms with van der Waals surface area (Å²) in [5, 5.41) is 19.2. The minimum atomic E-state index is -0.632. The number of hydrogen-bond donors (Lipinski definition) is 2. The molecule has 2 fully saturated rings. The van der Waals surface area contributed by atoms with Crippen LogP contribution in [0.2, 0.25) is 0 Å². The van der Waals surface area contributed by atoms with Gasteiger partial charge in [-0.3, -0.25) is 4.79 Å². The van der Waals surface area contributed by atoms with Crippen LogP contribution in [0.1, 0.15) is 58.8 Å². The van der Waals surface area contributed by atoms with E-state index in [0.29, 0.717) is 37.0 Å². The zero-order chi connectivity index (χ0) is 12.7. The molecule has 2 rings (SSSR count). The van der Waals surface area contributed by atoms with Crippen molar-refractivity contribution in [2.45, 2.75) is 64.9 Å². The molecule has 2 N–H and O–H groups in total. The molecular formula is C14H24O3. The Morgan fingerprint density at radius 1 is 1.12 bits per heavy atom. The van der Waals surface area contributed by atoms with E-state index in [1.807, 2.05) is 0 Å². The van der Waals surface area contributed by atoms with E-state index in [1.54, 1.807) is 0 Å². The summed E-state index contributed by atoms with van der Waals surface area (Å²) in [4.78, 5) is 11.7. The smallest absolute Gasteiger partial charge is 0.309 e. The number of carboxylic acid groups (broad SMARTS) is 1. The zero-order valence-corrected chi connectivity index (χ0v) is 10.9. The summed E-state index contributed by atoms with van der Waals surface area (Å²) in [6.45, 7) is 4.47. The Balaban J connectivity index is 2.16. The Bertz CT molecular complexity index is 301. The molecule has 0 aromatic carbocycles. The zero-order valence-electron chi connectivity index (χ0n) is 10.9. The van der Waals surface area contributed by atoms with Gasteiger partial charge in [-0.15, -0.1) is 0 Å². The fourth-order valence-corrected chi connectivity index (χ4v) is 3.82. The highest BCUT2D eigenvalue weighted by Crippen LogP contribution is 2.54. The molecule has 0 aromatic heterocycles. The number of aliphatic carboxylic acids is 1. The van der Waals surface area contributed by atoms with Crippen LogP contribution in [0.3, 0.4) is 0 Å². The van der Waals surface area contributed by atoms with E-state index in [1.165, 1.54) is 0 Å². The number of carbonyl (C=O) groups is 1. The summed E-state index contributed by atoms with van der Waals surface area (Å²) in [7, 11) is 0. The van der Waals surface area contributed by atoms with Crippen molar-refractivity contribution in [1.82, 2.24) is 0 Å². The van der Waals surface area contributed by atoms with Crippen molar-refractivity contribution in [3.8, 4) is 0 Å². The third-order valence-electron chi connectivity index (χ3n) is 5.02. The van der Waals surface area contributed by atoms with E-state index >= 15 is 0 Å². The topological polar surface area (TPSA) is 57.5 Å². The van der Waals surface area contributed by atoms with Gasteiger partial charge in [0.1, 0.15) is 0 Å². The maximum atomic E-state index is 11.7. The van der Waals surface area contributed by atoms with Crippen molar-refractivity contribution in [1.29, 1.82) is 0 Å². The molecule has 0 radical (unpaired) electrons. The second kappa shape index (κ2) is 4.27. The minimum Gasteiger partial charge on any atom is -0.481 e. The molecule has 0 heterocycles. The summed E-state index contributed by atoms with van der Waals surface area (Å²) in [6.07, 6.45) is 5.54. The lowest BCUT2D eigenvalue weighted by molar-refractivity contribution is -0.157. The van der Waals surface area contributed by atoms with Gasteiger partial charge >= 0.3 is 5.97 Å². The molecular weight excluding hydrogens is 216 g/mol. The first-order valence-electron chi connectivity index (χ1n) is 6.77. The fraction of sp³-hybridized carbons (Fsp3) is 0.929. The lowest BCUT2D eigenvalue weighted by Crippen LogP contribution is -2.42. The molecule has 2 saturated carbocycles. The van der Waals surface area contributed by atoms with E-state index in [2.05, 4.69) is 13.8 Å². The molecule has 3 heteroatoms. The Labute approximate surface area is 103 Å². The second-order valence-corrected chi connectivity index (χ2v) is 6.80. The highest BCUT2D eigenvalue weighted by molar-refractivity contribution is 5.75. The molecule has 17 heavy (non-hydrogen) atoms. The molecule has 98 valence electrons. The van der Waals surface area contributed by atoms with Crippen LogP contribution in [0, 0.1) is 16.7 Å². The molecule has 0 saturated heterocycles.